The van der Waals surface area contributed by atoms with Gasteiger partial charge in [-0.2, -0.15) is 0 Å². The Kier molecular flexibility index (Phi) is 9.39. The number of nitrogens with zero attached hydrogens (tertiary/aromatic N) is 2. The van der Waals surface area contributed by atoms with Crippen LogP contribution < -0.4 is 0 Å². The van der Waals surface area contributed by atoms with Crippen molar-refractivity contribution in [2.24, 2.45) is 10.4 Å². The monoisotopic (exact) mass is 332 g/mol. The number of hydrogen-bond acceptors (Lipinski definition) is 2. The first kappa shape index (κ1) is 21.0. The summed E-state index contributed by atoms with van der Waals surface area (Å²) in [5.74, 6) is 1.20. The summed E-state index contributed by atoms with van der Waals surface area (Å²) >= 11 is 0. The maximum absolute atomic E-state index is 4.87. The third-order valence-corrected chi connectivity index (χ3v) is 4.50. The first-order valence-electron chi connectivity index (χ1n) is 10.1. The summed E-state index contributed by atoms with van der Waals surface area (Å²) in [5, 5.41) is 0. The molecular weight excluding hydrogens is 292 g/mol. The van der Waals surface area contributed by atoms with Crippen LogP contribution in [0.5, 0.6) is 0 Å². The Morgan fingerprint density at radius 1 is 1.08 bits per heavy atom. The topological polar surface area (TPSA) is 15.6 Å². The van der Waals surface area contributed by atoms with Crippen LogP contribution in [0.15, 0.2) is 28.5 Å². The Balaban J connectivity index is 3.02. The fourth-order valence-electron chi connectivity index (χ4n) is 3.49. The quantitative estimate of drug-likeness (QED) is 0.456. The van der Waals surface area contributed by atoms with E-state index in [1.165, 1.54) is 56.3 Å². The molecule has 1 aliphatic rings. The van der Waals surface area contributed by atoms with Crippen LogP contribution >= 0.6 is 0 Å². The zero-order valence-electron chi connectivity index (χ0n) is 17.1. The molecule has 1 rings (SSSR count). The third-order valence-electron chi connectivity index (χ3n) is 4.50. The summed E-state index contributed by atoms with van der Waals surface area (Å²) in [7, 11) is 0. The van der Waals surface area contributed by atoms with Gasteiger partial charge in [0.2, 0.25) is 0 Å². The van der Waals surface area contributed by atoms with Gasteiger partial charge in [-0.15, -0.1) is 0 Å². The van der Waals surface area contributed by atoms with Gasteiger partial charge in [-0.05, 0) is 49.7 Å². The summed E-state index contributed by atoms with van der Waals surface area (Å²) in [6, 6.07) is 0.612. The average molecular weight is 333 g/mol. The fourth-order valence-corrected chi connectivity index (χ4v) is 3.49. The predicted octanol–water partition coefficient (Wildman–Crippen LogP) is 6.74. The Bertz CT molecular complexity index is 431. The molecule has 2 nitrogen and oxygen atoms in total. The van der Waals surface area contributed by atoms with Crippen LogP contribution in [0, 0.1) is 5.41 Å². The smallest absolute Gasteiger partial charge is 0.124 e. The molecule has 0 aromatic heterocycles. The molecular formula is C22H40N2. The molecule has 0 amide bonds. The SMILES string of the molecule is CCC/C1=C/C=N\C(N(CC(C)(C)C)C(CCC)CCC)=C\CC1. The molecule has 0 aromatic rings. The molecule has 0 aliphatic carbocycles. The molecule has 0 saturated heterocycles. The molecule has 0 radical (unpaired) electrons. The minimum absolute atomic E-state index is 0.279. The Morgan fingerprint density at radius 2 is 1.75 bits per heavy atom. The van der Waals surface area contributed by atoms with Crippen molar-refractivity contribution in [1.29, 1.82) is 0 Å². The predicted molar refractivity (Wildman–Crippen MR) is 109 cm³/mol. The van der Waals surface area contributed by atoms with Crippen LogP contribution in [-0.4, -0.2) is 23.7 Å². The van der Waals surface area contributed by atoms with E-state index in [4.69, 9.17) is 4.99 Å². The first-order valence-corrected chi connectivity index (χ1v) is 10.1. The number of aliphatic imine (C=N–C) groups is 1. The molecule has 0 unspecified atom stereocenters. The van der Waals surface area contributed by atoms with Crippen LogP contribution in [0.25, 0.3) is 0 Å². The van der Waals surface area contributed by atoms with Gasteiger partial charge in [-0.25, -0.2) is 4.99 Å². The zero-order chi connectivity index (χ0) is 18.0. The minimum Gasteiger partial charge on any atom is -0.353 e. The molecule has 1 aliphatic heterocycles. The van der Waals surface area contributed by atoms with Crippen LogP contribution in [0.3, 0.4) is 0 Å². The highest BCUT2D eigenvalue weighted by molar-refractivity contribution is 5.73. The molecule has 1 heterocycles. The largest absolute Gasteiger partial charge is 0.353 e. The maximum atomic E-state index is 4.87. The van der Waals surface area contributed by atoms with Gasteiger partial charge in [0.1, 0.15) is 5.82 Å². The highest BCUT2D eigenvalue weighted by Gasteiger charge is 2.24. The summed E-state index contributed by atoms with van der Waals surface area (Å²) in [4.78, 5) is 7.47. The van der Waals surface area contributed by atoms with Crippen LogP contribution in [0.4, 0.5) is 0 Å². The van der Waals surface area contributed by atoms with Gasteiger partial charge in [0.25, 0.3) is 0 Å². The molecule has 0 fully saturated rings. The van der Waals surface area contributed by atoms with E-state index in [1.807, 2.05) is 6.21 Å². The minimum atomic E-state index is 0.279. The van der Waals surface area contributed by atoms with Crippen molar-refractivity contribution < 1.29 is 0 Å². The molecule has 0 atom stereocenters. The average Bonchev–Trinajstić information content (AvgIpc) is 2.47. The van der Waals surface area contributed by atoms with E-state index >= 15 is 0 Å². The standard InChI is InChI=1S/C22H40N2/c1-7-11-19-14-10-15-21(23-17-16-19)24(18-22(4,5)6)20(12-8-2)13-9-3/h15-17,20H,7-14,18H2,1-6H3/b19-16-,21-15-,23-17-. The second kappa shape index (κ2) is 10.7. The Hall–Kier alpha value is -1.05. The molecule has 0 N–H and O–H groups in total. The third kappa shape index (κ3) is 7.68. The molecule has 0 spiro atoms. The van der Waals surface area contributed by atoms with Crippen molar-refractivity contribution in [2.45, 2.75) is 99.0 Å². The lowest BCUT2D eigenvalue weighted by molar-refractivity contribution is 0.161. The summed E-state index contributed by atoms with van der Waals surface area (Å²) in [6.07, 6.45) is 16.4. The van der Waals surface area contributed by atoms with Crippen molar-refractivity contribution in [3.05, 3.63) is 23.5 Å². The van der Waals surface area contributed by atoms with E-state index in [0.29, 0.717) is 6.04 Å². The van der Waals surface area contributed by atoms with E-state index < -0.39 is 0 Å². The van der Waals surface area contributed by atoms with Gasteiger partial charge >= 0.3 is 0 Å². The molecule has 2 heteroatoms. The van der Waals surface area contributed by atoms with Gasteiger partial charge in [0, 0.05) is 18.8 Å². The van der Waals surface area contributed by atoms with Crippen molar-refractivity contribution in [1.82, 2.24) is 4.90 Å². The van der Waals surface area contributed by atoms with Crippen LogP contribution in [0.1, 0.15) is 92.9 Å². The maximum Gasteiger partial charge on any atom is 0.124 e. The van der Waals surface area contributed by atoms with Crippen molar-refractivity contribution >= 4 is 6.21 Å². The van der Waals surface area contributed by atoms with Crippen LogP contribution in [0.2, 0.25) is 0 Å². The molecule has 0 bridgehead atoms. The lowest BCUT2D eigenvalue weighted by Gasteiger charge is -2.38. The highest BCUT2D eigenvalue weighted by atomic mass is 15.2. The van der Waals surface area contributed by atoms with E-state index in [1.54, 1.807) is 0 Å². The summed E-state index contributed by atoms with van der Waals surface area (Å²) < 4.78 is 0. The van der Waals surface area contributed by atoms with Gasteiger partial charge in [0.05, 0.1) is 0 Å². The fraction of sp³-hybridized carbons (Fsp3) is 0.773. The van der Waals surface area contributed by atoms with Crippen molar-refractivity contribution in [3.8, 4) is 0 Å². The van der Waals surface area contributed by atoms with Gasteiger partial charge in [-0.3, -0.25) is 0 Å². The Morgan fingerprint density at radius 3 is 2.29 bits per heavy atom. The first-order chi connectivity index (χ1) is 11.4. The molecule has 0 aromatic carbocycles. The molecule has 0 saturated carbocycles. The summed E-state index contributed by atoms with van der Waals surface area (Å²) in [5.41, 5.74) is 1.82. The number of rotatable bonds is 9. The second-order valence-corrected chi connectivity index (χ2v) is 8.37. The Labute approximate surface area is 151 Å². The van der Waals surface area contributed by atoms with Gasteiger partial charge < -0.3 is 4.90 Å². The van der Waals surface area contributed by atoms with E-state index in [-0.39, 0.29) is 5.41 Å². The summed E-state index contributed by atoms with van der Waals surface area (Å²) in [6.45, 7) is 14.9. The highest BCUT2D eigenvalue weighted by Crippen LogP contribution is 2.27. The zero-order valence-corrected chi connectivity index (χ0v) is 17.1. The van der Waals surface area contributed by atoms with E-state index in [0.717, 1.165) is 13.0 Å². The lowest BCUT2D eigenvalue weighted by Crippen LogP contribution is -2.40. The van der Waals surface area contributed by atoms with Gasteiger partial charge in [-0.1, -0.05) is 66.4 Å². The van der Waals surface area contributed by atoms with E-state index in [9.17, 15) is 0 Å². The lowest BCUT2D eigenvalue weighted by atomic mass is 9.93. The van der Waals surface area contributed by atoms with Crippen LogP contribution in [-0.2, 0) is 0 Å². The van der Waals surface area contributed by atoms with Gasteiger partial charge in [0.15, 0.2) is 0 Å². The van der Waals surface area contributed by atoms with Crippen molar-refractivity contribution in [2.75, 3.05) is 6.54 Å². The normalized spacial score (nSPS) is 21.5. The molecule has 24 heavy (non-hydrogen) atoms. The molecule has 138 valence electrons. The number of hydrogen-bond donors (Lipinski definition) is 0. The van der Waals surface area contributed by atoms with Crippen molar-refractivity contribution in [3.63, 3.8) is 0 Å². The van der Waals surface area contributed by atoms with E-state index in [2.05, 4.69) is 58.6 Å². The number of allylic oxidation sites excluding steroid dienone is 3. The second-order valence-electron chi connectivity index (χ2n) is 8.37.